The molecule has 0 aliphatic rings. The number of pyridine rings is 1. The Balaban J connectivity index is 2.16. The van der Waals surface area contributed by atoms with Gasteiger partial charge in [-0.25, -0.2) is 9.78 Å². The molecule has 0 fully saturated rings. The van der Waals surface area contributed by atoms with E-state index in [1.165, 1.54) is 6.07 Å². The molecule has 2 rings (SSSR count). The Labute approximate surface area is 110 Å². The van der Waals surface area contributed by atoms with E-state index in [4.69, 9.17) is 14.3 Å². The fourth-order valence-electron chi connectivity index (χ4n) is 1.68. The van der Waals surface area contributed by atoms with Gasteiger partial charge in [-0.05, 0) is 24.6 Å². The molecule has 0 aliphatic carbocycles. The first-order valence-corrected chi connectivity index (χ1v) is 6.08. The van der Waals surface area contributed by atoms with Crippen molar-refractivity contribution in [3.63, 3.8) is 0 Å². The summed E-state index contributed by atoms with van der Waals surface area (Å²) >= 11 is 0. The molecule has 0 bridgehead atoms. The number of carbonyl (C=O) groups is 1. The predicted octanol–water partition coefficient (Wildman–Crippen LogP) is 2.90. The van der Waals surface area contributed by atoms with Crippen LogP contribution in [0.2, 0.25) is 0 Å². The average molecular weight is 261 g/mol. The average Bonchev–Trinajstić information content (AvgIpc) is 2.89. The van der Waals surface area contributed by atoms with Crippen molar-refractivity contribution in [1.82, 2.24) is 4.98 Å². The summed E-state index contributed by atoms with van der Waals surface area (Å²) in [5, 5.41) is 9.05. The molecule has 2 aromatic heterocycles. The van der Waals surface area contributed by atoms with Gasteiger partial charge < -0.3 is 14.3 Å². The minimum atomic E-state index is -0.984. The maximum atomic E-state index is 11.0. The molecule has 100 valence electrons. The van der Waals surface area contributed by atoms with Crippen molar-refractivity contribution in [1.29, 1.82) is 0 Å². The van der Waals surface area contributed by atoms with E-state index in [1.807, 2.05) is 6.92 Å². The zero-order chi connectivity index (χ0) is 13.7. The lowest BCUT2D eigenvalue weighted by molar-refractivity contribution is 0.0696. The maximum Gasteiger partial charge on any atom is 0.335 e. The number of rotatable bonds is 6. The van der Waals surface area contributed by atoms with Crippen molar-refractivity contribution < 1.29 is 19.1 Å². The highest BCUT2D eigenvalue weighted by Gasteiger charge is 2.09. The second kappa shape index (κ2) is 6.04. The van der Waals surface area contributed by atoms with Crippen LogP contribution in [-0.2, 0) is 13.0 Å². The third-order valence-electron chi connectivity index (χ3n) is 2.55. The molecule has 0 saturated heterocycles. The second-order valence-electron chi connectivity index (χ2n) is 4.11. The zero-order valence-corrected chi connectivity index (χ0v) is 10.6. The Morgan fingerprint density at radius 3 is 2.95 bits per heavy atom. The summed E-state index contributed by atoms with van der Waals surface area (Å²) in [6, 6.07) is 6.55. The van der Waals surface area contributed by atoms with Crippen LogP contribution in [0.15, 0.2) is 34.9 Å². The highest BCUT2D eigenvalue weighted by Crippen LogP contribution is 2.16. The Hall–Kier alpha value is -2.30. The van der Waals surface area contributed by atoms with Crippen LogP contribution in [0.1, 0.15) is 35.2 Å². The van der Waals surface area contributed by atoms with E-state index in [0.29, 0.717) is 11.6 Å². The topological polar surface area (TPSA) is 72.6 Å². The van der Waals surface area contributed by atoms with Crippen LogP contribution in [0.25, 0.3) is 0 Å². The van der Waals surface area contributed by atoms with E-state index in [0.717, 1.165) is 18.5 Å². The summed E-state index contributed by atoms with van der Waals surface area (Å²) in [5.41, 5.74) is 0.907. The number of aromatic nitrogens is 1. The lowest BCUT2D eigenvalue weighted by atomic mass is 10.1. The number of hydrogen-bond donors (Lipinski definition) is 1. The standard InChI is InChI=1S/C14H15NO4/c1-2-4-11-7-10(14(16)17)8-13(15-11)19-9-12-5-3-6-18-12/h3,5-8H,2,4,9H2,1H3,(H,16,17). The number of carboxylic acids is 1. The van der Waals surface area contributed by atoms with Crippen LogP contribution >= 0.6 is 0 Å². The van der Waals surface area contributed by atoms with Crippen molar-refractivity contribution in [2.75, 3.05) is 0 Å². The summed E-state index contributed by atoms with van der Waals surface area (Å²) in [7, 11) is 0. The van der Waals surface area contributed by atoms with Crippen molar-refractivity contribution in [2.45, 2.75) is 26.4 Å². The van der Waals surface area contributed by atoms with E-state index < -0.39 is 5.97 Å². The minimum absolute atomic E-state index is 0.188. The summed E-state index contributed by atoms with van der Waals surface area (Å²) in [4.78, 5) is 15.3. The maximum absolute atomic E-state index is 11.0. The fraction of sp³-hybridized carbons (Fsp3) is 0.286. The predicted molar refractivity (Wildman–Crippen MR) is 68.2 cm³/mol. The van der Waals surface area contributed by atoms with E-state index in [2.05, 4.69) is 4.98 Å². The van der Waals surface area contributed by atoms with Crippen LogP contribution in [0.4, 0.5) is 0 Å². The molecular weight excluding hydrogens is 246 g/mol. The highest BCUT2D eigenvalue weighted by atomic mass is 16.5. The van der Waals surface area contributed by atoms with Gasteiger partial charge in [0.15, 0.2) is 0 Å². The van der Waals surface area contributed by atoms with E-state index in [1.54, 1.807) is 24.5 Å². The number of carboxylic acid groups (broad SMARTS) is 1. The quantitative estimate of drug-likeness (QED) is 0.865. The molecule has 0 spiro atoms. The third kappa shape index (κ3) is 3.58. The van der Waals surface area contributed by atoms with Crippen LogP contribution in [-0.4, -0.2) is 16.1 Å². The molecule has 0 unspecified atom stereocenters. The van der Waals surface area contributed by atoms with Gasteiger partial charge in [-0.2, -0.15) is 0 Å². The molecule has 0 aromatic carbocycles. The van der Waals surface area contributed by atoms with Crippen LogP contribution in [0, 0.1) is 0 Å². The molecule has 2 aromatic rings. The molecule has 5 nitrogen and oxygen atoms in total. The Kier molecular flexibility index (Phi) is 4.18. The summed E-state index contributed by atoms with van der Waals surface area (Å²) < 4.78 is 10.6. The van der Waals surface area contributed by atoms with Gasteiger partial charge in [-0.15, -0.1) is 0 Å². The van der Waals surface area contributed by atoms with E-state index in [-0.39, 0.29) is 12.2 Å². The number of aryl methyl sites for hydroxylation is 1. The Morgan fingerprint density at radius 2 is 2.32 bits per heavy atom. The molecule has 5 heteroatoms. The lowest BCUT2D eigenvalue weighted by Gasteiger charge is -2.07. The number of hydrogen-bond acceptors (Lipinski definition) is 4. The largest absolute Gasteiger partial charge is 0.478 e. The monoisotopic (exact) mass is 261 g/mol. The molecule has 0 saturated carbocycles. The van der Waals surface area contributed by atoms with Gasteiger partial charge in [0, 0.05) is 11.8 Å². The lowest BCUT2D eigenvalue weighted by Crippen LogP contribution is -2.04. The van der Waals surface area contributed by atoms with Crippen molar-refractivity contribution in [3.8, 4) is 5.88 Å². The van der Waals surface area contributed by atoms with Crippen LogP contribution < -0.4 is 4.74 Å². The smallest absolute Gasteiger partial charge is 0.335 e. The number of furan rings is 1. The van der Waals surface area contributed by atoms with E-state index in [9.17, 15) is 4.79 Å². The minimum Gasteiger partial charge on any atom is -0.478 e. The van der Waals surface area contributed by atoms with Gasteiger partial charge in [-0.3, -0.25) is 0 Å². The summed E-state index contributed by atoms with van der Waals surface area (Å²) in [6.07, 6.45) is 3.17. The SMILES string of the molecule is CCCc1cc(C(=O)O)cc(OCc2ccco2)n1. The highest BCUT2D eigenvalue weighted by molar-refractivity contribution is 5.88. The Bertz CT molecular complexity index is 549. The normalized spacial score (nSPS) is 10.4. The van der Waals surface area contributed by atoms with Gasteiger partial charge in [0.2, 0.25) is 5.88 Å². The third-order valence-corrected chi connectivity index (χ3v) is 2.55. The van der Waals surface area contributed by atoms with Gasteiger partial charge in [-0.1, -0.05) is 13.3 Å². The number of ether oxygens (including phenoxy) is 1. The van der Waals surface area contributed by atoms with Crippen LogP contribution in [0.5, 0.6) is 5.88 Å². The molecular formula is C14H15NO4. The van der Waals surface area contributed by atoms with E-state index >= 15 is 0 Å². The number of aromatic carboxylic acids is 1. The molecule has 0 radical (unpaired) electrons. The fourth-order valence-corrected chi connectivity index (χ4v) is 1.68. The molecule has 0 aliphatic heterocycles. The molecule has 2 heterocycles. The van der Waals surface area contributed by atoms with Gasteiger partial charge >= 0.3 is 5.97 Å². The van der Waals surface area contributed by atoms with Crippen molar-refractivity contribution >= 4 is 5.97 Å². The first-order valence-electron chi connectivity index (χ1n) is 6.08. The molecule has 19 heavy (non-hydrogen) atoms. The number of nitrogens with zero attached hydrogens (tertiary/aromatic N) is 1. The Morgan fingerprint density at radius 1 is 1.47 bits per heavy atom. The van der Waals surface area contributed by atoms with Gasteiger partial charge in [0.1, 0.15) is 12.4 Å². The molecule has 0 atom stereocenters. The zero-order valence-electron chi connectivity index (χ0n) is 10.6. The first kappa shape index (κ1) is 13.1. The molecule has 1 N–H and O–H groups in total. The first-order chi connectivity index (χ1) is 9.19. The van der Waals surface area contributed by atoms with Gasteiger partial charge in [0.25, 0.3) is 0 Å². The van der Waals surface area contributed by atoms with Crippen molar-refractivity contribution in [3.05, 3.63) is 47.5 Å². The van der Waals surface area contributed by atoms with Gasteiger partial charge in [0.05, 0.1) is 11.8 Å². The summed E-state index contributed by atoms with van der Waals surface area (Å²) in [5.74, 6) is -0.0121. The van der Waals surface area contributed by atoms with Crippen LogP contribution in [0.3, 0.4) is 0 Å². The summed E-state index contributed by atoms with van der Waals surface area (Å²) in [6.45, 7) is 2.24. The van der Waals surface area contributed by atoms with Crippen molar-refractivity contribution in [2.24, 2.45) is 0 Å². The second-order valence-corrected chi connectivity index (χ2v) is 4.11. The molecule has 0 amide bonds.